The van der Waals surface area contributed by atoms with Crippen molar-refractivity contribution in [3.63, 3.8) is 0 Å². The standard InChI is InChI=1S/C23H29ClN2O3S/c1-3-18-9-6-10-19(4-2)22(18)25-23(27)20-11-7-13-26(15-20)30(28,29)16-17-8-5-12-21(24)14-17/h5-6,8-10,12,14,20H,3-4,7,11,13,15-16H2,1-2H3,(H,25,27)/t20-/m1/s1. The van der Waals surface area contributed by atoms with Gasteiger partial charge in [0.1, 0.15) is 0 Å². The van der Waals surface area contributed by atoms with Gasteiger partial charge in [-0.05, 0) is 54.5 Å². The lowest BCUT2D eigenvalue weighted by atomic mass is 9.97. The van der Waals surface area contributed by atoms with E-state index in [1.54, 1.807) is 24.3 Å². The molecule has 1 heterocycles. The maximum Gasteiger partial charge on any atom is 0.228 e. The highest BCUT2D eigenvalue weighted by molar-refractivity contribution is 7.88. The number of hydrogen-bond donors (Lipinski definition) is 1. The van der Waals surface area contributed by atoms with Crippen molar-refractivity contribution in [3.8, 4) is 0 Å². The summed E-state index contributed by atoms with van der Waals surface area (Å²) in [4.78, 5) is 13.0. The van der Waals surface area contributed by atoms with Crippen LogP contribution in [0.3, 0.4) is 0 Å². The molecule has 0 spiro atoms. The number of anilines is 1. The quantitative estimate of drug-likeness (QED) is 0.670. The highest BCUT2D eigenvalue weighted by Crippen LogP contribution is 2.27. The number of rotatable bonds is 7. The monoisotopic (exact) mass is 448 g/mol. The Morgan fingerprint density at radius 2 is 1.80 bits per heavy atom. The smallest absolute Gasteiger partial charge is 0.228 e. The number of piperidine rings is 1. The van der Waals surface area contributed by atoms with Crippen molar-refractivity contribution in [1.29, 1.82) is 0 Å². The van der Waals surface area contributed by atoms with Crippen molar-refractivity contribution in [2.45, 2.75) is 45.3 Å². The first-order valence-electron chi connectivity index (χ1n) is 10.5. The van der Waals surface area contributed by atoms with Crippen LogP contribution in [0.2, 0.25) is 5.02 Å². The van der Waals surface area contributed by atoms with Crippen LogP contribution in [0.4, 0.5) is 5.69 Å². The molecule has 30 heavy (non-hydrogen) atoms. The van der Waals surface area contributed by atoms with Crippen molar-refractivity contribution < 1.29 is 13.2 Å². The van der Waals surface area contributed by atoms with Crippen molar-refractivity contribution in [1.82, 2.24) is 4.31 Å². The van der Waals surface area contributed by atoms with E-state index in [-0.39, 0.29) is 24.1 Å². The zero-order chi connectivity index (χ0) is 21.7. The average Bonchev–Trinajstić information content (AvgIpc) is 2.73. The minimum atomic E-state index is -3.52. The highest BCUT2D eigenvalue weighted by atomic mass is 35.5. The molecule has 7 heteroatoms. The summed E-state index contributed by atoms with van der Waals surface area (Å²) >= 11 is 5.99. The fraction of sp³-hybridized carbons (Fsp3) is 0.435. The third-order valence-electron chi connectivity index (χ3n) is 5.63. The van der Waals surface area contributed by atoms with E-state index in [0.29, 0.717) is 30.0 Å². The van der Waals surface area contributed by atoms with E-state index in [1.807, 2.05) is 18.2 Å². The Labute approximate surface area is 184 Å². The Bertz CT molecular complexity index is 985. The lowest BCUT2D eigenvalue weighted by Gasteiger charge is -2.31. The van der Waals surface area contributed by atoms with E-state index in [9.17, 15) is 13.2 Å². The van der Waals surface area contributed by atoms with Gasteiger partial charge in [-0.1, -0.05) is 55.8 Å². The van der Waals surface area contributed by atoms with Gasteiger partial charge in [-0.2, -0.15) is 0 Å². The number of carbonyl (C=O) groups excluding carboxylic acids is 1. The molecule has 0 bridgehead atoms. The molecule has 3 rings (SSSR count). The van der Waals surface area contributed by atoms with Gasteiger partial charge in [-0.3, -0.25) is 4.79 Å². The molecule has 1 fully saturated rings. The minimum Gasteiger partial charge on any atom is -0.325 e. The van der Waals surface area contributed by atoms with Crippen LogP contribution < -0.4 is 5.32 Å². The van der Waals surface area contributed by atoms with Crippen LogP contribution in [0.5, 0.6) is 0 Å². The second-order valence-corrected chi connectivity index (χ2v) is 10.1. The van der Waals surface area contributed by atoms with Crippen LogP contribution in [0.1, 0.15) is 43.4 Å². The topological polar surface area (TPSA) is 66.5 Å². The molecule has 162 valence electrons. The summed E-state index contributed by atoms with van der Waals surface area (Å²) < 4.78 is 27.3. The van der Waals surface area contributed by atoms with Gasteiger partial charge >= 0.3 is 0 Å². The summed E-state index contributed by atoms with van der Waals surface area (Å²) in [7, 11) is -3.52. The van der Waals surface area contributed by atoms with Crippen molar-refractivity contribution >= 4 is 33.2 Å². The van der Waals surface area contributed by atoms with Gasteiger partial charge in [-0.25, -0.2) is 12.7 Å². The minimum absolute atomic E-state index is 0.103. The van der Waals surface area contributed by atoms with Gasteiger partial charge in [0.15, 0.2) is 0 Å². The van der Waals surface area contributed by atoms with E-state index in [0.717, 1.165) is 29.7 Å². The molecule has 1 aliphatic rings. The molecular formula is C23H29ClN2O3S. The molecule has 1 amide bonds. The normalized spacial score (nSPS) is 17.6. The first-order valence-corrected chi connectivity index (χ1v) is 12.5. The molecule has 0 unspecified atom stereocenters. The number of amides is 1. The third-order valence-corrected chi connectivity index (χ3v) is 7.69. The van der Waals surface area contributed by atoms with Gasteiger partial charge in [0.05, 0.1) is 11.7 Å². The zero-order valence-electron chi connectivity index (χ0n) is 17.5. The summed E-state index contributed by atoms with van der Waals surface area (Å²) in [5.74, 6) is -0.573. The summed E-state index contributed by atoms with van der Waals surface area (Å²) in [6.07, 6.45) is 3.01. The van der Waals surface area contributed by atoms with E-state index in [1.165, 1.54) is 4.31 Å². The van der Waals surface area contributed by atoms with Crippen LogP contribution in [0.25, 0.3) is 0 Å². The van der Waals surface area contributed by atoms with Gasteiger partial charge < -0.3 is 5.32 Å². The number of nitrogens with zero attached hydrogens (tertiary/aromatic N) is 1. The predicted molar refractivity (Wildman–Crippen MR) is 122 cm³/mol. The van der Waals surface area contributed by atoms with Gasteiger partial charge in [0, 0.05) is 23.8 Å². The largest absolute Gasteiger partial charge is 0.325 e. The third kappa shape index (κ3) is 5.42. The SMILES string of the molecule is CCc1cccc(CC)c1NC(=O)[C@@H]1CCCN(S(=O)(=O)Cc2cccc(Cl)c2)C1. The Hall–Kier alpha value is -1.89. The summed E-state index contributed by atoms with van der Waals surface area (Å²) in [6, 6.07) is 13.0. The number of carbonyl (C=O) groups is 1. The molecule has 1 atom stereocenters. The number of hydrogen-bond acceptors (Lipinski definition) is 3. The Balaban J connectivity index is 1.72. The fourth-order valence-electron chi connectivity index (χ4n) is 3.97. The molecule has 1 saturated heterocycles. The Kier molecular flexibility index (Phi) is 7.55. The molecule has 2 aromatic carbocycles. The summed E-state index contributed by atoms with van der Waals surface area (Å²) in [5.41, 5.74) is 3.73. The zero-order valence-corrected chi connectivity index (χ0v) is 19.1. The van der Waals surface area contributed by atoms with Crippen molar-refractivity contribution in [2.24, 2.45) is 5.92 Å². The molecule has 1 aliphatic heterocycles. The maximum absolute atomic E-state index is 13.0. The molecule has 0 radical (unpaired) electrons. The molecular weight excluding hydrogens is 420 g/mol. The van der Waals surface area contributed by atoms with E-state index in [4.69, 9.17) is 11.6 Å². The van der Waals surface area contributed by atoms with Crippen LogP contribution in [-0.4, -0.2) is 31.7 Å². The summed E-state index contributed by atoms with van der Waals surface area (Å²) in [6.45, 7) is 4.79. The van der Waals surface area contributed by atoms with E-state index >= 15 is 0 Å². The number of para-hydroxylation sites is 1. The Morgan fingerprint density at radius 3 is 2.43 bits per heavy atom. The number of sulfonamides is 1. The fourth-order valence-corrected chi connectivity index (χ4v) is 5.78. The Morgan fingerprint density at radius 1 is 1.13 bits per heavy atom. The van der Waals surface area contributed by atoms with Crippen molar-refractivity contribution in [3.05, 3.63) is 64.2 Å². The van der Waals surface area contributed by atoms with Gasteiger partial charge in [-0.15, -0.1) is 0 Å². The van der Waals surface area contributed by atoms with Crippen LogP contribution in [-0.2, 0) is 33.4 Å². The second-order valence-electron chi connectivity index (χ2n) is 7.73. The number of halogens is 1. The molecule has 0 aromatic heterocycles. The van der Waals surface area contributed by atoms with Gasteiger partial charge in [0.2, 0.25) is 15.9 Å². The molecule has 1 N–H and O–H groups in total. The first-order chi connectivity index (χ1) is 14.3. The van der Waals surface area contributed by atoms with E-state index in [2.05, 4.69) is 19.2 Å². The predicted octanol–water partition coefficient (Wildman–Crippen LogP) is 4.65. The highest BCUT2D eigenvalue weighted by Gasteiger charge is 2.32. The lowest BCUT2D eigenvalue weighted by Crippen LogP contribution is -2.44. The summed E-state index contributed by atoms with van der Waals surface area (Å²) in [5, 5.41) is 3.62. The molecule has 5 nitrogen and oxygen atoms in total. The molecule has 0 aliphatic carbocycles. The number of nitrogens with one attached hydrogen (secondary N) is 1. The van der Waals surface area contributed by atoms with Crippen molar-refractivity contribution in [2.75, 3.05) is 18.4 Å². The second kappa shape index (κ2) is 9.94. The lowest BCUT2D eigenvalue weighted by molar-refractivity contribution is -0.120. The molecule has 0 saturated carbocycles. The van der Waals surface area contributed by atoms with Crippen LogP contribution in [0, 0.1) is 5.92 Å². The van der Waals surface area contributed by atoms with Crippen LogP contribution in [0.15, 0.2) is 42.5 Å². The maximum atomic E-state index is 13.0. The number of benzene rings is 2. The average molecular weight is 449 g/mol. The first kappa shape index (κ1) is 22.8. The molecule has 2 aromatic rings. The van der Waals surface area contributed by atoms with Crippen LogP contribution >= 0.6 is 11.6 Å². The number of aryl methyl sites for hydroxylation is 2. The van der Waals surface area contributed by atoms with Gasteiger partial charge in [0.25, 0.3) is 0 Å². The van der Waals surface area contributed by atoms with E-state index < -0.39 is 10.0 Å².